The van der Waals surface area contributed by atoms with Crippen LogP contribution < -0.4 is 26.3 Å². The summed E-state index contributed by atoms with van der Waals surface area (Å²) in [6, 6.07) is 13.0. The highest BCUT2D eigenvalue weighted by Gasteiger charge is 2.31. The molecule has 0 radical (unpaired) electrons. The van der Waals surface area contributed by atoms with Gasteiger partial charge in [0.05, 0.1) is 12.2 Å². The number of thioether (sulfide) groups is 1. The van der Waals surface area contributed by atoms with Crippen LogP contribution in [0.5, 0.6) is 5.75 Å². The number of halogens is 4. The molecule has 12 heteroatoms. The van der Waals surface area contributed by atoms with Crippen LogP contribution in [-0.2, 0) is 6.54 Å². The van der Waals surface area contributed by atoms with Crippen molar-refractivity contribution >= 4 is 50.7 Å². The Morgan fingerprint density at radius 3 is 2.60 bits per heavy atom. The van der Waals surface area contributed by atoms with E-state index in [0.29, 0.717) is 24.0 Å². The number of amidine groups is 2. The lowest BCUT2D eigenvalue weighted by atomic mass is 9.95. The molecule has 7 nitrogen and oxygen atoms in total. The molecule has 0 bridgehead atoms. The lowest BCUT2D eigenvalue weighted by Crippen LogP contribution is -2.95. The van der Waals surface area contributed by atoms with Gasteiger partial charge in [0.2, 0.25) is 12.2 Å². The van der Waals surface area contributed by atoms with E-state index in [1.54, 1.807) is 11.8 Å². The van der Waals surface area contributed by atoms with Gasteiger partial charge in [0.15, 0.2) is 0 Å². The summed E-state index contributed by atoms with van der Waals surface area (Å²) in [5, 5.41) is 1.93. The van der Waals surface area contributed by atoms with Crippen molar-refractivity contribution in [2.24, 2.45) is 21.6 Å². The van der Waals surface area contributed by atoms with Crippen molar-refractivity contribution in [1.29, 1.82) is 0 Å². The number of nitrogens with two attached hydrogens (primary N) is 2. The minimum absolute atomic E-state index is 0.307. The van der Waals surface area contributed by atoms with E-state index in [-0.39, 0.29) is 5.75 Å². The van der Waals surface area contributed by atoms with Crippen LogP contribution in [0.1, 0.15) is 37.8 Å². The predicted octanol–water partition coefficient (Wildman–Crippen LogP) is 4.04. The van der Waals surface area contributed by atoms with E-state index in [2.05, 4.69) is 62.1 Å². The Morgan fingerprint density at radius 2 is 1.95 bits per heavy atom. The van der Waals surface area contributed by atoms with E-state index in [9.17, 15) is 13.2 Å². The van der Waals surface area contributed by atoms with Crippen LogP contribution in [0.4, 0.5) is 18.9 Å². The van der Waals surface area contributed by atoms with E-state index >= 15 is 0 Å². The summed E-state index contributed by atoms with van der Waals surface area (Å²) in [6.45, 7) is 4.95. The van der Waals surface area contributed by atoms with Crippen LogP contribution in [0.2, 0.25) is 0 Å². The van der Waals surface area contributed by atoms with Gasteiger partial charge in [-0.1, -0.05) is 47.1 Å². The number of hydrogen-bond donors (Lipinski definition) is 4. The molecule has 1 aliphatic rings. The van der Waals surface area contributed by atoms with Gasteiger partial charge >= 0.3 is 6.36 Å². The fraction of sp³-hybridized carbons (Fsp3) is 0.321. The Balaban J connectivity index is 1.55. The largest absolute Gasteiger partial charge is 0.573 e. The van der Waals surface area contributed by atoms with Gasteiger partial charge in [0.1, 0.15) is 11.4 Å². The average molecular weight is 640 g/mol. The Kier molecular flexibility index (Phi) is 12.4. The van der Waals surface area contributed by atoms with Gasteiger partial charge < -0.3 is 10.5 Å². The number of ether oxygens (including phenoxy) is 1. The number of hydrogen-bond acceptors (Lipinski definition) is 5. The Bertz CT molecular complexity index is 1260. The summed E-state index contributed by atoms with van der Waals surface area (Å²) < 4.78 is 40.7. The molecule has 3 rings (SSSR count). The number of benzene rings is 2. The van der Waals surface area contributed by atoms with Crippen molar-refractivity contribution in [2.75, 3.05) is 11.1 Å². The van der Waals surface area contributed by atoms with E-state index in [0.717, 1.165) is 45.9 Å². The molecule has 0 aromatic heterocycles. The maximum atomic E-state index is 12.3. The Morgan fingerprint density at radius 1 is 1.23 bits per heavy atom. The number of nitrogen functional groups attached to an aromatic ring is 1. The van der Waals surface area contributed by atoms with E-state index < -0.39 is 6.36 Å². The minimum Gasteiger partial charge on any atom is -0.406 e. The van der Waals surface area contributed by atoms with Gasteiger partial charge in [0.25, 0.3) is 5.17 Å². The summed E-state index contributed by atoms with van der Waals surface area (Å²) in [7, 11) is 0. The standard InChI is InChI=1S/C28H32BrF3N6OS/c1-19-5-3-6-20(2)25(19)37-27(40-16-4-15-29)38-36-17-21-7-9-22(10-8-21)26(33)35-18-34-23-11-13-24(14-12-23)39-28(30,31)32/h3,5,7-14,18,20,36H,4,6,15-17H2,1-2H3,(H,37,38)(H2,33,34,35)/p+2. The smallest absolute Gasteiger partial charge is 0.406 e. The molecule has 214 valence electrons. The maximum absolute atomic E-state index is 12.3. The van der Waals surface area contributed by atoms with Crippen molar-refractivity contribution in [2.45, 2.75) is 39.6 Å². The zero-order valence-electron chi connectivity index (χ0n) is 22.3. The molecule has 2 aromatic carbocycles. The summed E-state index contributed by atoms with van der Waals surface area (Å²) in [5.74, 6) is 1.47. The number of allylic oxidation sites excluding steroid dienone is 4. The molecule has 0 fully saturated rings. The first-order chi connectivity index (χ1) is 19.1. The zero-order chi connectivity index (χ0) is 29.0. The summed E-state index contributed by atoms with van der Waals surface area (Å²) in [6.07, 6.45) is 3.06. The molecule has 0 saturated carbocycles. The first-order valence-corrected chi connectivity index (χ1v) is 14.8. The molecular weight excluding hydrogens is 605 g/mol. The average Bonchev–Trinajstić information content (AvgIpc) is 2.91. The molecule has 1 aliphatic carbocycles. The summed E-state index contributed by atoms with van der Waals surface area (Å²) in [4.78, 5) is 12.0. The second-order valence-electron chi connectivity index (χ2n) is 9.03. The quantitative estimate of drug-likeness (QED) is 0.0745. The molecule has 0 spiro atoms. The normalized spacial score (nSPS) is 16.7. The number of alkyl halides is 4. The SMILES string of the molecule is CC1=C(N=C([NH2+]NCc2ccc(C(N)=[NH+]C=Nc3ccc(OC(F)(F)F)cc3)cc2)SCCCBr)C(C)CC=C1. The monoisotopic (exact) mass is 638 g/mol. The van der Waals surface area contributed by atoms with Crippen molar-refractivity contribution in [3.63, 3.8) is 0 Å². The molecule has 40 heavy (non-hydrogen) atoms. The molecule has 1 atom stereocenters. The summed E-state index contributed by atoms with van der Waals surface area (Å²) in [5.41, 5.74) is 16.2. The molecule has 1 unspecified atom stereocenters. The lowest BCUT2D eigenvalue weighted by Gasteiger charge is -2.17. The lowest BCUT2D eigenvalue weighted by molar-refractivity contribution is -0.601. The fourth-order valence-electron chi connectivity index (χ4n) is 3.74. The number of aliphatic imine (C=N–C) groups is 2. The van der Waals surface area contributed by atoms with Crippen molar-refractivity contribution in [3.05, 3.63) is 83.1 Å². The van der Waals surface area contributed by atoms with Crippen LogP contribution >= 0.6 is 27.7 Å². The molecule has 6 N–H and O–H groups in total. The molecule has 0 aliphatic heterocycles. The van der Waals surface area contributed by atoms with E-state index in [4.69, 9.17) is 10.7 Å². The molecule has 0 heterocycles. The van der Waals surface area contributed by atoms with Crippen LogP contribution in [0, 0.1) is 5.92 Å². The van der Waals surface area contributed by atoms with Crippen LogP contribution in [-0.4, -0.2) is 34.8 Å². The molecule has 0 amide bonds. The van der Waals surface area contributed by atoms with Crippen molar-refractivity contribution < 1.29 is 28.3 Å². The van der Waals surface area contributed by atoms with Gasteiger partial charge in [-0.2, -0.15) is 10.4 Å². The molecule has 2 aromatic rings. The van der Waals surface area contributed by atoms with Gasteiger partial charge in [-0.3, -0.25) is 0 Å². The first-order valence-electron chi connectivity index (χ1n) is 12.7. The highest BCUT2D eigenvalue weighted by atomic mass is 79.9. The third kappa shape index (κ3) is 10.9. The third-order valence-electron chi connectivity index (χ3n) is 5.79. The van der Waals surface area contributed by atoms with E-state index in [1.165, 1.54) is 36.2 Å². The Labute approximate surface area is 245 Å². The van der Waals surface area contributed by atoms with Crippen molar-refractivity contribution in [3.8, 4) is 5.75 Å². The van der Waals surface area contributed by atoms with Gasteiger partial charge in [-0.15, -0.1) is 18.2 Å². The third-order valence-corrected chi connectivity index (χ3v) is 7.35. The number of nitrogens with zero attached hydrogens (tertiary/aromatic N) is 2. The second kappa shape index (κ2) is 15.8. The topological polar surface area (TPSA) is 103 Å². The number of rotatable bonds is 11. The predicted molar refractivity (Wildman–Crippen MR) is 160 cm³/mol. The van der Waals surface area contributed by atoms with Crippen LogP contribution in [0.3, 0.4) is 0 Å². The van der Waals surface area contributed by atoms with Crippen LogP contribution in [0.25, 0.3) is 0 Å². The minimum atomic E-state index is -4.73. The highest BCUT2D eigenvalue weighted by molar-refractivity contribution is 9.09. The molecule has 0 saturated heterocycles. The van der Waals surface area contributed by atoms with Gasteiger partial charge in [0, 0.05) is 22.6 Å². The number of nitrogens with one attached hydrogen (secondary N) is 2. The first kappa shape index (κ1) is 31.6. The summed E-state index contributed by atoms with van der Waals surface area (Å²) >= 11 is 5.24. The second-order valence-corrected chi connectivity index (χ2v) is 10.9. The van der Waals surface area contributed by atoms with Crippen molar-refractivity contribution in [1.82, 2.24) is 5.43 Å². The Hall–Kier alpha value is -2.93. The van der Waals surface area contributed by atoms with Gasteiger partial charge in [-0.05, 0) is 79.1 Å². The molecular formula is C28H34BrF3N6OS+2. The van der Waals surface area contributed by atoms with E-state index in [1.807, 2.05) is 29.7 Å². The highest BCUT2D eigenvalue weighted by Crippen LogP contribution is 2.27. The van der Waals surface area contributed by atoms with Crippen LogP contribution in [0.15, 0.2) is 81.9 Å². The maximum Gasteiger partial charge on any atom is 0.573 e. The number of quaternary nitrogens is 1. The van der Waals surface area contributed by atoms with Gasteiger partial charge in [-0.25, -0.2) is 10.4 Å². The zero-order valence-corrected chi connectivity index (χ0v) is 24.7. The fourth-order valence-corrected chi connectivity index (χ4v) is 5.22.